The van der Waals surface area contributed by atoms with Gasteiger partial charge in [-0.3, -0.25) is 18.6 Å². The lowest BCUT2D eigenvalue weighted by Crippen LogP contribution is -2.47. The predicted octanol–water partition coefficient (Wildman–Crippen LogP) is 2.42. The van der Waals surface area contributed by atoms with Crippen molar-refractivity contribution in [3.63, 3.8) is 0 Å². The third kappa shape index (κ3) is 11.2. The van der Waals surface area contributed by atoms with Crippen molar-refractivity contribution in [3.05, 3.63) is 12.8 Å². The molecular weight excluding hydrogens is 449 g/mol. The van der Waals surface area contributed by atoms with Gasteiger partial charge < -0.3 is 20.7 Å². The molecule has 3 amide bonds. The summed E-state index contributed by atoms with van der Waals surface area (Å²) in [6, 6.07) is 0. The number of ether oxygens (including phenoxy) is 1. The fraction of sp³-hybridized carbons (Fsp3) is 0.750. The van der Waals surface area contributed by atoms with Gasteiger partial charge in [-0.15, -0.1) is 11.6 Å². The van der Waals surface area contributed by atoms with Gasteiger partial charge in [-0.25, -0.2) is 4.39 Å². The maximum absolute atomic E-state index is 13.2. The first-order valence-electron chi connectivity index (χ1n) is 10.4. The van der Waals surface area contributed by atoms with Crippen molar-refractivity contribution in [3.8, 4) is 0 Å². The summed E-state index contributed by atoms with van der Waals surface area (Å²) in [7, 11) is 0. The van der Waals surface area contributed by atoms with Crippen LogP contribution in [0, 0.1) is 5.92 Å². The van der Waals surface area contributed by atoms with E-state index in [1.165, 1.54) is 25.2 Å². The highest BCUT2D eigenvalue weighted by atomic mass is 35.5. The number of amides is 3. The second kappa shape index (κ2) is 15.4. The molecule has 1 saturated heterocycles. The van der Waals surface area contributed by atoms with Gasteiger partial charge >= 0.3 is 0 Å². The second-order valence-corrected chi connectivity index (χ2v) is 8.67. The first-order chi connectivity index (χ1) is 14.8. The zero-order valence-electron chi connectivity index (χ0n) is 18.0. The van der Waals surface area contributed by atoms with Crippen LogP contribution in [-0.2, 0) is 23.3 Å². The molecule has 178 valence electrons. The standard InChI is InChI=1S/C11H19ClFNO2.C9H14N2O3S/c1-2-5-14-11(15)7-16-8-3-4-9(12)10(13)6-8;1-3-10-8(13)7-4-5-15-14-9(7)11-6(2)12/h8-10H,2-7H2,1H3,(H,14,15);3,7,9H,1,4-5H2,2H3,(H,10,13)(H,11,12). The highest BCUT2D eigenvalue weighted by molar-refractivity contribution is 7.94. The van der Waals surface area contributed by atoms with Crippen LogP contribution in [0.1, 0.15) is 46.0 Å². The SMILES string of the molecule is C=CNC(=O)C1CCSOC1NC(C)=O.CCCNC(=O)COC1CCC(Cl)C(F)C1. The van der Waals surface area contributed by atoms with Gasteiger partial charge in [0, 0.05) is 25.6 Å². The van der Waals surface area contributed by atoms with Crippen LogP contribution >= 0.6 is 23.6 Å². The van der Waals surface area contributed by atoms with E-state index < -0.39 is 17.8 Å². The van der Waals surface area contributed by atoms with Gasteiger partial charge in [0.05, 0.1) is 17.4 Å². The van der Waals surface area contributed by atoms with Crippen molar-refractivity contribution in [2.75, 3.05) is 18.9 Å². The van der Waals surface area contributed by atoms with E-state index in [2.05, 4.69) is 22.5 Å². The Morgan fingerprint density at radius 1 is 1.32 bits per heavy atom. The zero-order valence-corrected chi connectivity index (χ0v) is 19.6. The molecule has 3 N–H and O–H groups in total. The number of alkyl halides is 2. The molecule has 2 fully saturated rings. The molecule has 0 aromatic rings. The molecule has 31 heavy (non-hydrogen) atoms. The Morgan fingerprint density at radius 3 is 2.68 bits per heavy atom. The van der Waals surface area contributed by atoms with E-state index in [1.54, 1.807) is 0 Å². The van der Waals surface area contributed by atoms with Gasteiger partial charge in [-0.2, -0.15) is 0 Å². The monoisotopic (exact) mass is 481 g/mol. The molecule has 0 bridgehead atoms. The highest BCUT2D eigenvalue weighted by Gasteiger charge is 2.33. The van der Waals surface area contributed by atoms with E-state index in [0.29, 0.717) is 25.8 Å². The number of hydrogen-bond acceptors (Lipinski definition) is 6. The summed E-state index contributed by atoms with van der Waals surface area (Å²) in [6.45, 7) is 7.47. The van der Waals surface area contributed by atoms with Crippen LogP contribution in [-0.4, -0.2) is 60.5 Å². The summed E-state index contributed by atoms with van der Waals surface area (Å²) >= 11 is 7.02. The van der Waals surface area contributed by atoms with Crippen molar-refractivity contribution in [1.82, 2.24) is 16.0 Å². The van der Waals surface area contributed by atoms with Crippen LogP contribution in [0.25, 0.3) is 0 Å². The first-order valence-corrected chi connectivity index (χ1v) is 11.8. The van der Waals surface area contributed by atoms with E-state index >= 15 is 0 Å². The lowest BCUT2D eigenvalue weighted by Gasteiger charge is -2.29. The summed E-state index contributed by atoms with van der Waals surface area (Å²) in [6.07, 6.45) is 2.81. The second-order valence-electron chi connectivity index (χ2n) is 7.28. The summed E-state index contributed by atoms with van der Waals surface area (Å²) in [5.74, 6) is -0.132. The lowest BCUT2D eigenvalue weighted by atomic mass is 9.95. The molecule has 1 aliphatic heterocycles. The average molecular weight is 482 g/mol. The number of halogens is 2. The minimum Gasteiger partial charge on any atom is -0.368 e. The van der Waals surface area contributed by atoms with Crippen LogP contribution in [0.2, 0.25) is 0 Å². The Balaban J connectivity index is 0.000000311. The molecule has 11 heteroatoms. The van der Waals surface area contributed by atoms with Crippen molar-refractivity contribution in [2.24, 2.45) is 5.92 Å². The van der Waals surface area contributed by atoms with Crippen LogP contribution < -0.4 is 16.0 Å². The smallest absolute Gasteiger partial charge is 0.246 e. The molecular formula is C20H33ClFN3O5S. The van der Waals surface area contributed by atoms with Crippen LogP contribution in [0.4, 0.5) is 4.39 Å². The fourth-order valence-corrected chi connectivity index (χ4v) is 4.02. The molecule has 8 nitrogen and oxygen atoms in total. The molecule has 0 radical (unpaired) electrons. The molecule has 0 aromatic carbocycles. The summed E-state index contributed by atoms with van der Waals surface area (Å²) in [5.41, 5.74) is 0. The molecule has 5 unspecified atom stereocenters. The maximum atomic E-state index is 13.2. The predicted molar refractivity (Wildman–Crippen MR) is 119 cm³/mol. The Hall–Kier alpha value is -1.36. The van der Waals surface area contributed by atoms with Gasteiger partial charge in [0.1, 0.15) is 12.8 Å². The van der Waals surface area contributed by atoms with Gasteiger partial charge in [0.2, 0.25) is 17.7 Å². The van der Waals surface area contributed by atoms with E-state index in [0.717, 1.165) is 18.6 Å². The first kappa shape index (κ1) is 27.7. The third-order valence-electron chi connectivity index (χ3n) is 4.64. The van der Waals surface area contributed by atoms with Crippen molar-refractivity contribution >= 4 is 41.4 Å². The molecule has 2 rings (SSSR count). The number of hydrogen-bond donors (Lipinski definition) is 3. The third-order valence-corrected chi connectivity index (χ3v) is 5.88. The van der Waals surface area contributed by atoms with E-state index in [4.69, 9.17) is 20.5 Å². The summed E-state index contributed by atoms with van der Waals surface area (Å²) in [4.78, 5) is 33.7. The van der Waals surface area contributed by atoms with Gasteiger partial charge in [-0.1, -0.05) is 13.5 Å². The van der Waals surface area contributed by atoms with Crippen LogP contribution in [0.3, 0.4) is 0 Å². The van der Waals surface area contributed by atoms with Gasteiger partial charge in [0.25, 0.3) is 0 Å². The Bertz CT molecular complexity index is 601. The van der Waals surface area contributed by atoms with Crippen molar-refractivity contribution in [1.29, 1.82) is 0 Å². The van der Waals surface area contributed by atoms with E-state index in [-0.39, 0.29) is 36.4 Å². The van der Waals surface area contributed by atoms with E-state index in [9.17, 15) is 18.8 Å². The summed E-state index contributed by atoms with van der Waals surface area (Å²) in [5, 5.41) is 7.41. The molecule has 5 atom stereocenters. The number of carbonyl (C=O) groups is 3. The van der Waals surface area contributed by atoms with Crippen LogP contribution in [0.15, 0.2) is 12.8 Å². The maximum Gasteiger partial charge on any atom is 0.246 e. The highest BCUT2D eigenvalue weighted by Crippen LogP contribution is 2.27. The average Bonchev–Trinajstić information content (AvgIpc) is 2.73. The Morgan fingerprint density at radius 2 is 2.06 bits per heavy atom. The molecule has 1 saturated carbocycles. The van der Waals surface area contributed by atoms with Gasteiger partial charge in [-0.05, 0) is 43.9 Å². The number of nitrogens with one attached hydrogen (secondary N) is 3. The van der Waals surface area contributed by atoms with Crippen molar-refractivity contribution in [2.45, 2.75) is 69.8 Å². The lowest BCUT2D eigenvalue weighted by molar-refractivity contribution is -0.130. The molecule has 1 aliphatic carbocycles. The molecule has 0 aromatic heterocycles. The fourth-order valence-electron chi connectivity index (χ4n) is 3.02. The summed E-state index contributed by atoms with van der Waals surface area (Å²) < 4.78 is 23.9. The van der Waals surface area contributed by atoms with Gasteiger partial charge in [0.15, 0.2) is 6.23 Å². The normalized spacial score (nSPS) is 27.8. The molecule has 2 aliphatic rings. The molecule has 0 spiro atoms. The van der Waals surface area contributed by atoms with E-state index in [1.807, 2.05) is 6.92 Å². The minimum atomic E-state index is -1.01. The zero-order chi connectivity index (χ0) is 23.2. The number of rotatable bonds is 8. The van der Waals surface area contributed by atoms with Crippen molar-refractivity contribution < 1.29 is 27.7 Å². The Labute approximate surface area is 192 Å². The van der Waals surface area contributed by atoms with Crippen LogP contribution in [0.5, 0.6) is 0 Å². The topological polar surface area (TPSA) is 106 Å². The largest absolute Gasteiger partial charge is 0.368 e. The minimum absolute atomic E-state index is 0.0182. The quantitative estimate of drug-likeness (QED) is 0.363. The molecule has 1 heterocycles. The number of carbonyl (C=O) groups excluding carboxylic acids is 3. The Kier molecular flexibility index (Phi) is 13.8.